The van der Waals surface area contributed by atoms with Crippen molar-refractivity contribution in [2.24, 2.45) is 0 Å². The Morgan fingerprint density at radius 1 is 1.00 bits per heavy atom. The quantitative estimate of drug-likeness (QED) is 0.746. The van der Waals surface area contributed by atoms with E-state index < -0.39 is 6.10 Å². The number of nitrogens with zero attached hydrogens (tertiary/aromatic N) is 3. The number of imidazole rings is 1. The molecule has 4 heteroatoms. The highest BCUT2D eigenvalue weighted by atomic mass is 16.3. The molecule has 0 aliphatic carbocycles. The van der Waals surface area contributed by atoms with Crippen molar-refractivity contribution in [2.45, 2.75) is 33.4 Å². The molecule has 3 rings (SSSR count). The van der Waals surface area contributed by atoms with Crippen LogP contribution in [0.1, 0.15) is 38.3 Å². The minimum Gasteiger partial charge on any atom is -0.380 e. The smallest absolute Gasteiger partial charge is 0.143 e. The van der Waals surface area contributed by atoms with Gasteiger partial charge in [0.25, 0.3) is 0 Å². The molecule has 1 atom stereocenters. The second kappa shape index (κ2) is 7.05. The molecule has 24 heavy (non-hydrogen) atoms. The molecule has 0 aliphatic rings. The van der Waals surface area contributed by atoms with Gasteiger partial charge < -0.3 is 14.6 Å². The van der Waals surface area contributed by atoms with Gasteiger partial charge in [-0.1, -0.05) is 24.3 Å². The molecule has 0 unspecified atom stereocenters. The van der Waals surface area contributed by atoms with E-state index in [-0.39, 0.29) is 0 Å². The van der Waals surface area contributed by atoms with Gasteiger partial charge in [-0.3, -0.25) is 0 Å². The van der Waals surface area contributed by atoms with Gasteiger partial charge in [0, 0.05) is 25.3 Å². The van der Waals surface area contributed by atoms with Crippen LogP contribution in [0.3, 0.4) is 0 Å². The Hall–Kier alpha value is -2.33. The number of fused-ring (bicyclic) bond motifs is 1. The molecule has 1 N–H and O–H groups in total. The van der Waals surface area contributed by atoms with E-state index in [0.29, 0.717) is 5.82 Å². The number of para-hydroxylation sites is 2. The van der Waals surface area contributed by atoms with E-state index in [2.05, 4.69) is 47.4 Å². The van der Waals surface area contributed by atoms with Crippen molar-refractivity contribution >= 4 is 16.7 Å². The lowest BCUT2D eigenvalue weighted by Gasteiger charge is -2.21. The zero-order chi connectivity index (χ0) is 17.1. The predicted molar refractivity (Wildman–Crippen MR) is 99.5 cm³/mol. The number of benzene rings is 2. The number of hydrogen-bond donors (Lipinski definition) is 1. The number of anilines is 1. The first-order chi connectivity index (χ1) is 11.7. The SMILES string of the molecule is CCN(CC)c1ccc([C@@H](O)c2nc3ccccc3n2CC)cc1. The maximum Gasteiger partial charge on any atom is 0.143 e. The second-order valence-corrected chi connectivity index (χ2v) is 5.87. The van der Waals surface area contributed by atoms with Crippen LogP contribution in [0.25, 0.3) is 11.0 Å². The van der Waals surface area contributed by atoms with Crippen molar-refractivity contribution in [3.8, 4) is 0 Å². The van der Waals surface area contributed by atoms with Crippen molar-refractivity contribution in [1.82, 2.24) is 9.55 Å². The Labute approximate surface area is 143 Å². The van der Waals surface area contributed by atoms with Gasteiger partial charge in [-0.05, 0) is 50.6 Å². The van der Waals surface area contributed by atoms with E-state index in [1.54, 1.807) is 0 Å². The Morgan fingerprint density at radius 2 is 1.67 bits per heavy atom. The third-order valence-electron chi connectivity index (χ3n) is 4.58. The minimum atomic E-state index is -0.719. The predicted octanol–water partition coefficient (Wildman–Crippen LogP) is 3.98. The fraction of sp³-hybridized carbons (Fsp3) is 0.350. The van der Waals surface area contributed by atoms with Crippen LogP contribution in [0.5, 0.6) is 0 Å². The second-order valence-electron chi connectivity index (χ2n) is 5.87. The Morgan fingerprint density at radius 3 is 2.29 bits per heavy atom. The first-order valence-corrected chi connectivity index (χ1v) is 8.67. The molecule has 0 spiro atoms. The van der Waals surface area contributed by atoms with Crippen LogP contribution in [-0.4, -0.2) is 27.7 Å². The number of aryl methyl sites for hydroxylation is 1. The molecule has 0 fully saturated rings. The normalized spacial score (nSPS) is 12.5. The summed E-state index contributed by atoms with van der Waals surface area (Å²) in [6.07, 6.45) is -0.719. The number of aliphatic hydroxyl groups is 1. The Bertz CT molecular complexity index is 803. The molecular formula is C20H25N3O. The lowest BCUT2D eigenvalue weighted by Crippen LogP contribution is -2.21. The van der Waals surface area contributed by atoms with Gasteiger partial charge in [0.2, 0.25) is 0 Å². The maximum absolute atomic E-state index is 10.9. The van der Waals surface area contributed by atoms with E-state index in [1.807, 2.05) is 36.4 Å². The molecule has 126 valence electrons. The average Bonchev–Trinajstić information content (AvgIpc) is 3.01. The van der Waals surface area contributed by atoms with E-state index >= 15 is 0 Å². The summed E-state index contributed by atoms with van der Waals surface area (Å²) in [7, 11) is 0. The standard InChI is InChI=1S/C20H25N3O/c1-4-22(5-2)16-13-11-15(12-14-16)19(24)20-21-17-9-7-8-10-18(17)23(20)6-3/h7-14,19,24H,4-6H2,1-3H3/t19-/m1/s1. The van der Waals surface area contributed by atoms with Crippen LogP contribution in [0.15, 0.2) is 48.5 Å². The van der Waals surface area contributed by atoms with Gasteiger partial charge >= 0.3 is 0 Å². The Balaban J connectivity index is 1.95. The number of rotatable bonds is 6. The van der Waals surface area contributed by atoms with Gasteiger partial charge in [-0.2, -0.15) is 0 Å². The monoisotopic (exact) mass is 323 g/mol. The fourth-order valence-electron chi connectivity index (χ4n) is 3.24. The molecular weight excluding hydrogens is 298 g/mol. The van der Waals surface area contributed by atoms with E-state index in [4.69, 9.17) is 0 Å². The van der Waals surface area contributed by atoms with Crippen LogP contribution >= 0.6 is 0 Å². The molecule has 1 heterocycles. The Kier molecular flexibility index (Phi) is 4.86. The third-order valence-corrected chi connectivity index (χ3v) is 4.58. The fourth-order valence-corrected chi connectivity index (χ4v) is 3.24. The lowest BCUT2D eigenvalue weighted by atomic mass is 10.1. The number of hydrogen-bond acceptors (Lipinski definition) is 3. The molecule has 1 aromatic heterocycles. The lowest BCUT2D eigenvalue weighted by molar-refractivity contribution is 0.205. The molecule has 0 radical (unpaired) electrons. The van der Waals surface area contributed by atoms with E-state index in [9.17, 15) is 5.11 Å². The van der Waals surface area contributed by atoms with Gasteiger partial charge in [0.05, 0.1) is 11.0 Å². The highest BCUT2D eigenvalue weighted by Crippen LogP contribution is 2.27. The zero-order valence-corrected chi connectivity index (χ0v) is 14.6. The topological polar surface area (TPSA) is 41.3 Å². The van der Waals surface area contributed by atoms with E-state index in [1.165, 1.54) is 5.69 Å². The molecule has 3 aromatic rings. The molecule has 2 aromatic carbocycles. The van der Waals surface area contributed by atoms with Crippen molar-refractivity contribution in [1.29, 1.82) is 0 Å². The van der Waals surface area contributed by atoms with Crippen LogP contribution in [0, 0.1) is 0 Å². The maximum atomic E-state index is 10.9. The van der Waals surface area contributed by atoms with E-state index in [0.717, 1.165) is 36.2 Å². The summed E-state index contributed by atoms with van der Waals surface area (Å²) in [4.78, 5) is 6.94. The highest BCUT2D eigenvalue weighted by molar-refractivity contribution is 5.76. The van der Waals surface area contributed by atoms with Crippen molar-refractivity contribution in [2.75, 3.05) is 18.0 Å². The molecule has 0 aliphatic heterocycles. The van der Waals surface area contributed by atoms with Crippen LogP contribution < -0.4 is 4.90 Å². The summed E-state index contributed by atoms with van der Waals surface area (Å²) in [5, 5.41) is 10.9. The summed E-state index contributed by atoms with van der Waals surface area (Å²) >= 11 is 0. The summed E-state index contributed by atoms with van der Waals surface area (Å²) in [5.74, 6) is 0.703. The zero-order valence-electron chi connectivity index (χ0n) is 14.6. The van der Waals surface area contributed by atoms with Gasteiger partial charge in [0.15, 0.2) is 0 Å². The van der Waals surface area contributed by atoms with Gasteiger partial charge in [-0.15, -0.1) is 0 Å². The number of aromatic nitrogens is 2. The largest absolute Gasteiger partial charge is 0.380 e. The van der Waals surface area contributed by atoms with Crippen LogP contribution in [0.4, 0.5) is 5.69 Å². The first-order valence-electron chi connectivity index (χ1n) is 8.67. The summed E-state index contributed by atoms with van der Waals surface area (Å²) < 4.78 is 2.08. The van der Waals surface area contributed by atoms with Crippen molar-refractivity contribution in [3.63, 3.8) is 0 Å². The van der Waals surface area contributed by atoms with Crippen LogP contribution in [-0.2, 0) is 6.54 Å². The number of aliphatic hydroxyl groups excluding tert-OH is 1. The van der Waals surface area contributed by atoms with Crippen molar-refractivity contribution in [3.05, 3.63) is 59.9 Å². The van der Waals surface area contributed by atoms with Crippen LogP contribution in [0.2, 0.25) is 0 Å². The van der Waals surface area contributed by atoms with Gasteiger partial charge in [-0.25, -0.2) is 4.98 Å². The van der Waals surface area contributed by atoms with Gasteiger partial charge in [0.1, 0.15) is 11.9 Å². The molecule has 4 nitrogen and oxygen atoms in total. The molecule has 0 amide bonds. The highest BCUT2D eigenvalue weighted by Gasteiger charge is 2.19. The average molecular weight is 323 g/mol. The van der Waals surface area contributed by atoms with Crippen molar-refractivity contribution < 1.29 is 5.11 Å². The summed E-state index contributed by atoms with van der Waals surface area (Å²) in [6.45, 7) is 9.11. The third kappa shape index (κ3) is 2.89. The molecule has 0 saturated heterocycles. The minimum absolute atomic E-state index is 0.703. The summed E-state index contributed by atoms with van der Waals surface area (Å²) in [5.41, 5.74) is 4.04. The molecule has 0 saturated carbocycles. The molecule has 0 bridgehead atoms. The first kappa shape index (κ1) is 16.5. The summed E-state index contributed by atoms with van der Waals surface area (Å²) in [6, 6.07) is 16.2.